The molecule has 0 aliphatic carbocycles. The number of hydrogen-bond donors (Lipinski definition) is 2. The van der Waals surface area contributed by atoms with Crippen molar-refractivity contribution in [3.8, 4) is 0 Å². The van der Waals surface area contributed by atoms with E-state index in [1.807, 2.05) is 31.2 Å². The first-order valence-corrected chi connectivity index (χ1v) is 6.28. The standard InChI is InChI=1S/C14H19N3O/c1-3-8-14(2)9-12(16-17-13(14)18)10-4-6-11(15)7-5-10/h4-7H,3,8-9,15H2,1-2H3,(H,17,18). The lowest BCUT2D eigenvalue weighted by molar-refractivity contribution is -0.130. The molecule has 4 heteroatoms. The fourth-order valence-electron chi connectivity index (χ4n) is 2.34. The minimum absolute atomic E-state index is 0.0172. The number of nitrogen functional groups attached to an aromatic ring is 1. The van der Waals surface area contributed by atoms with Gasteiger partial charge in [0.25, 0.3) is 0 Å². The smallest absolute Gasteiger partial charge is 0.246 e. The molecule has 4 nitrogen and oxygen atoms in total. The summed E-state index contributed by atoms with van der Waals surface area (Å²) >= 11 is 0. The number of nitrogens with zero attached hydrogens (tertiary/aromatic N) is 1. The summed E-state index contributed by atoms with van der Waals surface area (Å²) in [6.07, 6.45) is 2.53. The predicted octanol–water partition coefficient (Wildman–Crippen LogP) is 2.30. The van der Waals surface area contributed by atoms with Crippen LogP contribution in [-0.2, 0) is 4.79 Å². The molecular formula is C14H19N3O. The molecule has 0 bridgehead atoms. The van der Waals surface area contributed by atoms with Gasteiger partial charge in [0.1, 0.15) is 0 Å². The van der Waals surface area contributed by atoms with Gasteiger partial charge in [-0.2, -0.15) is 5.10 Å². The van der Waals surface area contributed by atoms with E-state index in [0.717, 1.165) is 29.8 Å². The molecule has 0 aromatic heterocycles. The number of carbonyl (C=O) groups excluding carboxylic acids is 1. The number of nitrogens with two attached hydrogens (primary N) is 1. The summed E-state index contributed by atoms with van der Waals surface area (Å²) in [5, 5.41) is 4.16. The number of amides is 1. The lowest BCUT2D eigenvalue weighted by Gasteiger charge is -2.31. The monoisotopic (exact) mass is 245 g/mol. The summed E-state index contributed by atoms with van der Waals surface area (Å²) in [6, 6.07) is 7.59. The Labute approximate surface area is 107 Å². The van der Waals surface area contributed by atoms with Crippen LogP contribution in [0, 0.1) is 5.41 Å². The summed E-state index contributed by atoms with van der Waals surface area (Å²) in [6.45, 7) is 4.09. The van der Waals surface area contributed by atoms with Crippen LogP contribution in [-0.4, -0.2) is 11.6 Å². The van der Waals surface area contributed by atoms with Gasteiger partial charge >= 0.3 is 0 Å². The normalized spacial score (nSPS) is 23.4. The Kier molecular flexibility index (Phi) is 3.36. The van der Waals surface area contributed by atoms with Crippen LogP contribution < -0.4 is 11.2 Å². The van der Waals surface area contributed by atoms with Gasteiger partial charge in [-0.1, -0.05) is 32.4 Å². The van der Waals surface area contributed by atoms with E-state index < -0.39 is 0 Å². The second-order valence-electron chi connectivity index (χ2n) is 5.11. The highest BCUT2D eigenvalue weighted by molar-refractivity contribution is 6.06. The third-order valence-corrected chi connectivity index (χ3v) is 3.44. The SMILES string of the molecule is CCCC1(C)CC(c2ccc(N)cc2)=NNC1=O. The molecule has 1 amide bonds. The molecular weight excluding hydrogens is 226 g/mol. The van der Waals surface area contributed by atoms with Gasteiger partial charge in [-0.3, -0.25) is 4.79 Å². The molecule has 0 fully saturated rings. The first-order valence-electron chi connectivity index (χ1n) is 6.28. The summed E-state index contributed by atoms with van der Waals surface area (Å²) in [7, 11) is 0. The molecule has 2 rings (SSSR count). The van der Waals surface area contributed by atoms with E-state index in [0.29, 0.717) is 6.42 Å². The molecule has 1 unspecified atom stereocenters. The lowest BCUT2D eigenvalue weighted by Crippen LogP contribution is -2.42. The fourth-order valence-corrected chi connectivity index (χ4v) is 2.34. The highest BCUT2D eigenvalue weighted by atomic mass is 16.2. The molecule has 0 saturated heterocycles. The zero-order valence-corrected chi connectivity index (χ0v) is 10.9. The third-order valence-electron chi connectivity index (χ3n) is 3.44. The molecule has 1 aromatic rings. The Balaban J connectivity index is 2.25. The fraction of sp³-hybridized carbons (Fsp3) is 0.429. The van der Waals surface area contributed by atoms with Crippen LogP contribution >= 0.6 is 0 Å². The molecule has 1 aromatic carbocycles. The van der Waals surface area contributed by atoms with E-state index >= 15 is 0 Å². The van der Waals surface area contributed by atoms with Crippen molar-refractivity contribution < 1.29 is 4.79 Å². The van der Waals surface area contributed by atoms with Crippen LogP contribution in [0.5, 0.6) is 0 Å². The van der Waals surface area contributed by atoms with E-state index in [4.69, 9.17) is 5.73 Å². The van der Waals surface area contributed by atoms with E-state index in [9.17, 15) is 4.79 Å². The topological polar surface area (TPSA) is 67.5 Å². The summed E-state index contributed by atoms with van der Waals surface area (Å²) < 4.78 is 0. The number of nitrogens with one attached hydrogen (secondary N) is 1. The maximum Gasteiger partial charge on any atom is 0.246 e. The zero-order chi connectivity index (χ0) is 13.2. The largest absolute Gasteiger partial charge is 0.399 e. The zero-order valence-electron chi connectivity index (χ0n) is 10.9. The number of benzene rings is 1. The van der Waals surface area contributed by atoms with Crippen LogP contribution in [0.4, 0.5) is 5.69 Å². The average molecular weight is 245 g/mol. The van der Waals surface area contributed by atoms with Crippen molar-refractivity contribution >= 4 is 17.3 Å². The first kappa shape index (κ1) is 12.6. The quantitative estimate of drug-likeness (QED) is 0.802. The number of hydrogen-bond acceptors (Lipinski definition) is 3. The van der Waals surface area contributed by atoms with Gasteiger partial charge in [0, 0.05) is 12.1 Å². The van der Waals surface area contributed by atoms with Crippen molar-refractivity contribution in [2.45, 2.75) is 33.1 Å². The Morgan fingerprint density at radius 1 is 1.39 bits per heavy atom. The van der Waals surface area contributed by atoms with Crippen LogP contribution in [0.25, 0.3) is 0 Å². The van der Waals surface area contributed by atoms with Crippen molar-refractivity contribution in [2.24, 2.45) is 10.5 Å². The Hall–Kier alpha value is -1.84. The van der Waals surface area contributed by atoms with Gasteiger partial charge in [0.05, 0.1) is 11.1 Å². The van der Waals surface area contributed by atoms with Crippen molar-refractivity contribution in [2.75, 3.05) is 5.73 Å². The van der Waals surface area contributed by atoms with E-state index in [1.54, 1.807) is 0 Å². The molecule has 1 atom stereocenters. The summed E-state index contributed by atoms with van der Waals surface area (Å²) in [5.74, 6) is 0.0172. The van der Waals surface area contributed by atoms with Gasteiger partial charge in [-0.05, 0) is 24.1 Å². The molecule has 96 valence electrons. The minimum atomic E-state index is -0.354. The molecule has 1 heterocycles. The molecule has 3 N–H and O–H groups in total. The Morgan fingerprint density at radius 2 is 2.06 bits per heavy atom. The van der Waals surface area contributed by atoms with E-state index in [1.165, 1.54) is 0 Å². The number of anilines is 1. The molecule has 1 aliphatic heterocycles. The highest BCUT2D eigenvalue weighted by Gasteiger charge is 2.36. The van der Waals surface area contributed by atoms with Crippen LogP contribution in [0.2, 0.25) is 0 Å². The highest BCUT2D eigenvalue weighted by Crippen LogP contribution is 2.32. The van der Waals surface area contributed by atoms with Crippen molar-refractivity contribution in [3.63, 3.8) is 0 Å². The van der Waals surface area contributed by atoms with Gasteiger partial charge in [0.15, 0.2) is 0 Å². The second-order valence-corrected chi connectivity index (χ2v) is 5.11. The molecule has 1 aliphatic rings. The first-order chi connectivity index (χ1) is 8.55. The minimum Gasteiger partial charge on any atom is -0.399 e. The summed E-state index contributed by atoms with van der Waals surface area (Å²) in [5.41, 5.74) is 10.6. The molecule has 18 heavy (non-hydrogen) atoms. The average Bonchev–Trinajstić information content (AvgIpc) is 2.34. The van der Waals surface area contributed by atoms with Crippen molar-refractivity contribution in [1.29, 1.82) is 0 Å². The molecule has 0 spiro atoms. The number of rotatable bonds is 3. The van der Waals surface area contributed by atoms with Crippen molar-refractivity contribution in [1.82, 2.24) is 5.43 Å². The van der Waals surface area contributed by atoms with Crippen LogP contribution in [0.15, 0.2) is 29.4 Å². The third kappa shape index (κ3) is 2.37. The number of hydrazone groups is 1. The maximum atomic E-state index is 11.9. The van der Waals surface area contributed by atoms with Gasteiger partial charge < -0.3 is 5.73 Å². The number of carbonyl (C=O) groups is 1. The molecule has 0 radical (unpaired) electrons. The predicted molar refractivity (Wildman–Crippen MR) is 73.2 cm³/mol. The van der Waals surface area contributed by atoms with E-state index in [2.05, 4.69) is 17.5 Å². The maximum absolute atomic E-state index is 11.9. The van der Waals surface area contributed by atoms with Gasteiger partial charge in [-0.25, -0.2) is 5.43 Å². The Morgan fingerprint density at radius 3 is 2.67 bits per heavy atom. The van der Waals surface area contributed by atoms with E-state index in [-0.39, 0.29) is 11.3 Å². The van der Waals surface area contributed by atoms with Crippen LogP contribution in [0.1, 0.15) is 38.7 Å². The summed E-state index contributed by atoms with van der Waals surface area (Å²) in [4.78, 5) is 11.9. The Bertz CT molecular complexity index is 478. The van der Waals surface area contributed by atoms with Gasteiger partial charge in [0.2, 0.25) is 5.91 Å². The second kappa shape index (κ2) is 4.80. The van der Waals surface area contributed by atoms with Crippen molar-refractivity contribution in [3.05, 3.63) is 29.8 Å². The van der Waals surface area contributed by atoms with Crippen LogP contribution in [0.3, 0.4) is 0 Å². The molecule has 0 saturated carbocycles. The van der Waals surface area contributed by atoms with Gasteiger partial charge in [-0.15, -0.1) is 0 Å². The lowest BCUT2D eigenvalue weighted by atomic mass is 9.78.